The van der Waals surface area contributed by atoms with Crippen LogP contribution in [0.1, 0.15) is 109 Å². The van der Waals surface area contributed by atoms with Crippen LogP contribution in [0.3, 0.4) is 0 Å². The Bertz CT molecular complexity index is 590. The Morgan fingerprint density at radius 1 is 0.893 bits per heavy atom. The zero-order valence-corrected chi connectivity index (χ0v) is 19.9. The minimum Gasteiger partial charge on any atom is -0.303 e. The van der Waals surface area contributed by atoms with Gasteiger partial charge in [0.15, 0.2) is 0 Å². The van der Waals surface area contributed by atoms with E-state index in [0.29, 0.717) is 10.8 Å². The molecule has 1 aliphatic heterocycles. The highest BCUT2D eigenvalue weighted by Crippen LogP contribution is 2.52. The van der Waals surface area contributed by atoms with Crippen molar-refractivity contribution >= 4 is 12.4 Å². The molecule has 3 rings (SSSR count). The summed E-state index contributed by atoms with van der Waals surface area (Å²) in [6.07, 6.45) is 10.8. The Hall–Kier alpha value is -0.530. The second kappa shape index (κ2) is 9.98. The van der Waals surface area contributed by atoms with E-state index in [-0.39, 0.29) is 12.4 Å². The molecule has 2 fully saturated rings. The van der Waals surface area contributed by atoms with Gasteiger partial charge in [-0.3, -0.25) is 0 Å². The average Bonchev–Trinajstić information content (AvgIpc) is 2.83. The van der Waals surface area contributed by atoms with E-state index < -0.39 is 0 Å². The van der Waals surface area contributed by atoms with E-state index in [1.54, 1.807) is 11.1 Å². The fourth-order valence-corrected chi connectivity index (χ4v) is 6.39. The molecule has 2 heteroatoms. The predicted octanol–water partition coefficient (Wildman–Crippen LogP) is 7.80. The Morgan fingerprint density at radius 3 is 2.11 bits per heavy atom. The maximum atomic E-state index is 2.72. The van der Waals surface area contributed by atoms with Crippen LogP contribution in [0.15, 0.2) is 24.3 Å². The Balaban J connectivity index is 0.00000280. The lowest BCUT2D eigenvalue weighted by molar-refractivity contribution is 0.0964. The van der Waals surface area contributed by atoms with E-state index in [9.17, 15) is 0 Å². The molecule has 1 aliphatic carbocycles. The quantitative estimate of drug-likeness (QED) is 0.482. The fraction of sp³-hybridized carbons (Fsp3) is 0.769. The van der Waals surface area contributed by atoms with E-state index in [1.165, 1.54) is 71.0 Å². The summed E-state index contributed by atoms with van der Waals surface area (Å²) in [5.41, 5.74) is 4.29. The SMILES string of the molecule is CCCCN1CCCC(c2ccccc2C2CC(C)(C)CC(C)(C)C2)CC1.Cl. The van der Waals surface area contributed by atoms with Crippen molar-refractivity contribution < 1.29 is 0 Å². The number of halogens is 1. The molecule has 1 nitrogen and oxygen atoms in total. The molecule has 0 N–H and O–H groups in total. The van der Waals surface area contributed by atoms with Gasteiger partial charge in [0.05, 0.1) is 0 Å². The summed E-state index contributed by atoms with van der Waals surface area (Å²) < 4.78 is 0. The highest BCUT2D eigenvalue weighted by atomic mass is 35.5. The Kier molecular flexibility index (Phi) is 8.47. The molecule has 1 saturated heterocycles. The van der Waals surface area contributed by atoms with Crippen LogP contribution in [0, 0.1) is 10.8 Å². The molecule has 1 aromatic carbocycles. The molecule has 0 radical (unpaired) electrons. The summed E-state index contributed by atoms with van der Waals surface area (Å²) >= 11 is 0. The molecule has 1 atom stereocenters. The lowest BCUT2D eigenvalue weighted by Gasteiger charge is -2.46. The van der Waals surface area contributed by atoms with Crippen molar-refractivity contribution in [2.24, 2.45) is 10.8 Å². The zero-order chi connectivity index (χ0) is 19.5. The van der Waals surface area contributed by atoms with Crippen molar-refractivity contribution in [3.63, 3.8) is 0 Å². The number of hydrogen-bond donors (Lipinski definition) is 0. The van der Waals surface area contributed by atoms with Crippen LogP contribution >= 0.6 is 12.4 Å². The number of rotatable bonds is 5. The van der Waals surface area contributed by atoms with Crippen LogP contribution < -0.4 is 0 Å². The van der Waals surface area contributed by atoms with E-state index in [2.05, 4.69) is 63.8 Å². The Morgan fingerprint density at radius 2 is 1.50 bits per heavy atom. The largest absolute Gasteiger partial charge is 0.303 e. The number of unbranched alkanes of at least 4 members (excludes halogenated alkanes) is 1. The van der Waals surface area contributed by atoms with E-state index >= 15 is 0 Å². The van der Waals surface area contributed by atoms with Gasteiger partial charge in [0.2, 0.25) is 0 Å². The molecule has 0 bridgehead atoms. The van der Waals surface area contributed by atoms with E-state index in [4.69, 9.17) is 0 Å². The van der Waals surface area contributed by atoms with Crippen molar-refractivity contribution in [1.82, 2.24) is 4.90 Å². The zero-order valence-electron chi connectivity index (χ0n) is 19.1. The summed E-state index contributed by atoms with van der Waals surface area (Å²) in [5, 5.41) is 0. The van der Waals surface area contributed by atoms with Gasteiger partial charge in [-0.05, 0) is 98.4 Å². The van der Waals surface area contributed by atoms with Crippen LogP contribution in [0.2, 0.25) is 0 Å². The lowest BCUT2D eigenvalue weighted by atomic mass is 9.59. The van der Waals surface area contributed by atoms with E-state index in [1.807, 2.05) is 0 Å². The normalized spacial score (nSPS) is 25.7. The molecule has 0 spiro atoms. The summed E-state index contributed by atoms with van der Waals surface area (Å²) in [6.45, 7) is 16.2. The maximum Gasteiger partial charge on any atom is -0.00129 e. The van der Waals surface area contributed by atoms with Gasteiger partial charge >= 0.3 is 0 Å². The van der Waals surface area contributed by atoms with E-state index in [0.717, 1.165) is 11.8 Å². The summed E-state index contributed by atoms with van der Waals surface area (Å²) in [4.78, 5) is 2.72. The first-order chi connectivity index (χ1) is 12.8. The molecule has 0 aromatic heterocycles. The molecule has 1 unspecified atom stereocenters. The van der Waals surface area contributed by atoms with Gasteiger partial charge in [0, 0.05) is 0 Å². The molecule has 1 heterocycles. The van der Waals surface area contributed by atoms with Gasteiger partial charge in [0.1, 0.15) is 0 Å². The second-order valence-electron chi connectivity index (χ2n) is 11.1. The van der Waals surface area contributed by atoms with Gasteiger partial charge < -0.3 is 4.90 Å². The first-order valence-electron chi connectivity index (χ1n) is 11.6. The predicted molar refractivity (Wildman–Crippen MR) is 126 cm³/mol. The number of likely N-dealkylation sites (tertiary alicyclic amines) is 1. The van der Waals surface area contributed by atoms with Crippen molar-refractivity contribution in [2.45, 2.75) is 97.8 Å². The van der Waals surface area contributed by atoms with Crippen LogP contribution in [-0.2, 0) is 0 Å². The van der Waals surface area contributed by atoms with Gasteiger partial charge in [-0.1, -0.05) is 65.3 Å². The molecule has 1 aromatic rings. The monoisotopic (exact) mass is 405 g/mol. The first-order valence-corrected chi connectivity index (χ1v) is 11.6. The molecular weight excluding hydrogens is 362 g/mol. The third kappa shape index (κ3) is 6.23. The summed E-state index contributed by atoms with van der Waals surface area (Å²) in [5.74, 6) is 1.50. The minimum absolute atomic E-state index is 0. The van der Waals surface area contributed by atoms with Crippen LogP contribution in [0.4, 0.5) is 0 Å². The fourth-order valence-electron chi connectivity index (χ4n) is 6.39. The van der Waals surface area contributed by atoms with Crippen molar-refractivity contribution in [3.8, 4) is 0 Å². The minimum atomic E-state index is 0. The van der Waals surface area contributed by atoms with Crippen LogP contribution in [-0.4, -0.2) is 24.5 Å². The Labute approximate surface area is 181 Å². The molecule has 0 amide bonds. The summed E-state index contributed by atoms with van der Waals surface area (Å²) in [6, 6.07) is 9.52. The van der Waals surface area contributed by atoms with Crippen molar-refractivity contribution in [1.29, 1.82) is 0 Å². The first kappa shape index (κ1) is 23.7. The highest BCUT2D eigenvalue weighted by molar-refractivity contribution is 5.85. The smallest absolute Gasteiger partial charge is 0.00129 e. The lowest BCUT2D eigenvalue weighted by Crippen LogP contribution is -2.33. The standard InChI is InChI=1S/C26H43N.ClH/c1-6-7-15-27-16-10-11-21(14-17-27)23-12-8-9-13-24(23)22-18-25(2,3)20-26(4,5)19-22;/h8-9,12-13,21-22H,6-7,10-11,14-20H2,1-5H3;1H. The number of benzene rings is 1. The van der Waals surface area contributed by atoms with Gasteiger partial charge in [-0.2, -0.15) is 0 Å². The van der Waals surface area contributed by atoms with Crippen LogP contribution in [0.5, 0.6) is 0 Å². The van der Waals surface area contributed by atoms with Gasteiger partial charge in [-0.25, -0.2) is 0 Å². The molecular formula is C26H44ClN. The highest BCUT2D eigenvalue weighted by Gasteiger charge is 2.39. The van der Waals surface area contributed by atoms with Gasteiger partial charge in [0.25, 0.3) is 0 Å². The topological polar surface area (TPSA) is 3.24 Å². The molecule has 28 heavy (non-hydrogen) atoms. The summed E-state index contributed by atoms with van der Waals surface area (Å²) in [7, 11) is 0. The van der Waals surface area contributed by atoms with Crippen molar-refractivity contribution in [3.05, 3.63) is 35.4 Å². The van der Waals surface area contributed by atoms with Crippen LogP contribution in [0.25, 0.3) is 0 Å². The third-order valence-corrected chi connectivity index (χ3v) is 7.08. The molecule has 2 aliphatic rings. The molecule has 160 valence electrons. The van der Waals surface area contributed by atoms with Crippen molar-refractivity contribution in [2.75, 3.05) is 19.6 Å². The molecule has 1 saturated carbocycles. The second-order valence-corrected chi connectivity index (χ2v) is 11.1. The number of nitrogens with zero attached hydrogens (tertiary/aromatic N) is 1. The third-order valence-electron chi connectivity index (χ3n) is 7.08. The van der Waals surface area contributed by atoms with Gasteiger partial charge in [-0.15, -0.1) is 12.4 Å². The average molecular weight is 406 g/mol. The maximum absolute atomic E-state index is 2.72. The number of hydrogen-bond acceptors (Lipinski definition) is 1.